The molecule has 2 aromatic carbocycles. The zero-order chi connectivity index (χ0) is 30.0. The van der Waals surface area contributed by atoms with Gasteiger partial charge in [0.25, 0.3) is 0 Å². The van der Waals surface area contributed by atoms with Crippen molar-refractivity contribution < 1.29 is 5.11 Å². The number of H-pyrrole nitrogens is 3. The second-order valence-electron chi connectivity index (χ2n) is 12.6. The molecule has 0 saturated carbocycles. The highest BCUT2D eigenvalue weighted by molar-refractivity contribution is 6.16. The monoisotopic (exact) mass is 564 g/mol. The summed E-state index contributed by atoms with van der Waals surface area (Å²) < 4.78 is 0. The van der Waals surface area contributed by atoms with Crippen LogP contribution >= 0.6 is 0 Å². The molecule has 0 spiro atoms. The third-order valence-corrected chi connectivity index (χ3v) is 8.55. The Kier molecular flexibility index (Phi) is 6.10. The molecule has 2 aliphatic rings. The van der Waals surface area contributed by atoms with E-state index in [1.54, 1.807) is 0 Å². The number of hydrogen-bond donors (Lipinski definition) is 4. The zero-order valence-electron chi connectivity index (χ0n) is 25.5. The molecule has 5 aromatic rings. The molecule has 8 bridgehead atoms. The summed E-state index contributed by atoms with van der Waals surface area (Å²) in [5.74, 6) is 0.197. The highest BCUT2D eigenvalue weighted by Crippen LogP contribution is 2.35. The van der Waals surface area contributed by atoms with E-state index >= 15 is 0 Å². The maximum atomic E-state index is 11.6. The molecule has 0 fully saturated rings. The average molecular weight is 565 g/mol. The van der Waals surface area contributed by atoms with E-state index in [0.717, 1.165) is 60.8 Å². The van der Waals surface area contributed by atoms with E-state index in [1.807, 2.05) is 6.07 Å². The Morgan fingerprint density at radius 1 is 0.674 bits per heavy atom. The topological polar surface area (TPSA) is 80.0 Å². The molecule has 0 atom stereocenters. The second-order valence-corrected chi connectivity index (χ2v) is 12.6. The largest absolute Gasteiger partial charge is 0.506 e. The number of fused-ring (bicyclic) bond motifs is 7. The van der Waals surface area contributed by atoms with E-state index in [-0.39, 0.29) is 11.2 Å². The van der Waals surface area contributed by atoms with Crippen molar-refractivity contribution in [1.82, 2.24) is 15.0 Å². The van der Waals surface area contributed by atoms with Crippen LogP contribution in [0.5, 0.6) is 5.75 Å². The Labute approximate surface area is 251 Å². The van der Waals surface area contributed by atoms with Crippen molar-refractivity contribution in [3.63, 3.8) is 0 Å². The van der Waals surface area contributed by atoms with Crippen molar-refractivity contribution in [2.24, 2.45) is 10.4 Å². The van der Waals surface area contributed by atoms with Gasteiger partial charge in [-0.25, -0.2) is 0 Å². The van der Waals surface area contributed by atoms with Gasteiger partial charge in [0.15, 0.2) is 0 Å². The molecular formula is C38H36N4O. The molecule has 0 saturated heterocycles. The third kappa shape index (κ3) is 4.71. The summed E-state index contributed by atoms with van der Waals surface area (Å²) in [6, 6.07) is 23.1. The first-order valence-corrected chi connectivity index (χ1v) is 14.8. The first-order valence-electron chi connectivity index (χ1n) is 14.8. The summed E-state index contributed by atoms with van der Waals surface area (Å²) in [4.78, 5) is 16.0. The van der Waals surface area contributed by atoms with Crippen molar-refractivity contribution >= 4 is 29.0 Å². The Hall–Kier alpha value is -5.03. The van der Waals surface area contributed by atoms with Crippen LogP contribution in [0.3, 0.4) is 0 Å². The summed E-state index contributed by atoms with van der Waals surface area (Å²) in [5, 5.41) is 15.4. The summed E-state index contributed by atoms with van der Waals surface area (Å²) in [7, 11) is 0. The quantitative estimate of drug-likeness (QED) is 0.238. The SMILES string of the molecule is Cc1ccc(C2=c3ccc([nH]3)=CC3=NC(=CC3(C)C)C=c3ccc([nH]3)=C(c3c(C)cc(C)cc3C)c3cc(O)c2[nH]3)cc1. The lowest BCUT2D eigenvalue weighted by Crippen LogP contribution is -2.21. The fourth-order valence-electron chi connectivity index (χ4n) is 6.55. The highest BCUT2D eigenvalue weighted by atomic mass is 16.3. The Balaban J connectivity index is 1.62. The maximum Gasteiger partial charge on any atom is 0.141 e. The van der Waals surface area contributed by atoms with Gasteiger partial charge < -0.3 is 20.1 Å². The van der Waals surface area contributed by atoms with Crippen molar-refractivity contribution in [1.29, 1.82) is 0 Å². The first kappa shape index (κ1) is 26.8. The zero-order valence-corrected chi connectivity index (χ0v) is 25.5. The molecule has 5 heteroatoms. The van der Waals surface area contributed by atoms with Crippen molar-refractivity contribution in [2.75, 3.05) is 0 Å². The number of aromatic amines is 3. The van der Waals surface area contributed by atoms with Crippen molar-refractivity contribution in [2.45, 2.75) is 41.5 Å². The van der Waals surface area contributed by atoms with Crippen molar-refractivity contribution in [3.05, 3.63) is 145 Å². The van der Waals surface area contributed by atoms with Gasteiger partial charge in [-0.05, 0) is 92.4 Å². The van der Waals surface area contributed by atoms with Gasteiger partial charge in [-0.3, -0.25) is 4.99 Å². The summed E-state index contributed by atoms with van der Waals surface area (Å²) in [5.41, 5.74) is 12.0. The van der Waals surface area contributed by atoms with Gasteiger partial charge in [-0.2, -0.15) is 0 Å². The van der Waals surface area contributed by atoms with Crippen LogP contribution in [0.15, 0.2) is 83.5 Å². The Bertz CT molecular complexity index is 2220. The predicted molar refractivity (Wildman–Crippen MR) is 176 cm³/mol. The predicted octanol–water partition coefficient (Wildman–Crippen LogP) is 5.04. The number of nitrogens with zero attached hydrogens (tertiary/aromatic N) is 1. The lowest BCUT2D eigenvalue weighted by atomic mass is 9.88. The number of benzene rings is 2. The summed E-state index contributed by atoms with van der Waals surface area (Å²) in [6.07, 6.45) is 6.44. The number of nitrogens with one attached hydrogen (secondary N) is 3. The molecular weight excluding hydrogens is 528 g/mol. The van der Waals surface area contributed by atoms with Crippen LogP contribution < -0.4 is 21.4 Å². The highest BCUT2D eigenvalue weighted by Gasteiger charge is 2.27. The second kappa shape index (κ2) is 9.77. The number of allylic oxidation sites excluding steroid dienone is 2. The summed E-state index contributed by atoms with van der Waals surface area (Å²) >= 11 is 0. The number of rotatable bonds is 2. The van der Waals surface area contributed by atoms with E-state index in [4.69, 9.17) is 4.99 Å². The molecule has 5 nitrogen and oxygen atoms in total. The van der Waals surface area contributed by atoms with Gasteiger partial charge >= 0.3 is 0 Å². The minimum atomic E-state index is -0.219. The minimum absolute atomic E-state index is 0.197. The molecule has 0 unspecified atom stereocenters. The van der Waals surface area contributed by atoms with Crippen LogP contribution in [0, 0.1) is 33.1 Å². The van der Waals surface area contributed by atoms with Gasteiger partial charge in [-0.1, -0.05) is 61.4 Å². The van der Waals surface area contributed by atoms with Crippen LogP contribution in [0.4, 0.5) is 0 Å². The van der Waals surface area contributed by atoms with Gasteiger partial charge in [0.05, 0.1) is 22.8 Å². The number of aryl methyl sites for hydroxylation is 4. The third-order valence-electron chi connectivity index (χ3n) is 8.55. The van der Waals surface area contributed by atoms with Gasteiger partial charge in [0.1, 0.15) is 5.75 Å². The smallest absolute Gasteiger partial charge is 0.141 e. The molecule has 5 heterocycles. The van der Waals surface area contributed by atoms with Crippen LogP contribution in [0.25, 0.3) is 23.3 Å². The molecule has 7 rings (SSSR count). The van der Waals surface area contributed by atoms with Crippen LogP contribution in [0.2, 0.25) is 0 Å². The molecule has 214 valence electrons. The molecule has 3 aromatic heterocycles. The molecule has 0 radical (unpaired) electrons. The first-order chi connectivity index (χ1) is 20.6. The fraction of sp³-hybridized carbons (Fsp3) is 0.184. The molecule has 0 aliphatic carbocycles. The Morgan fingerprint density at radius 2 is 1.30 bits per heavy atom. The number of aromatic nitrogens is 3. The standard InChI is InChI=1S/C38H36N4O/c1-21-7-9-25(10-8-21)35-29-13-12-27(40-29)18-33-38(5,6)20-28(41-33)17-26-11-14-30(39-26)36(31-19-32(43)37(35)42-31)34-23(3)15-22(2)16-24(34)4/h7-20,39-40,42-43H,1-6H3. The maximum absolute atomic E-state index is 11.6. The minimum Gasteiger partial charge on any atom is -0.506 e. The van der Waals surface area contributed by atoms with E-state index in [1.165, 1.54) is 22.3 Å². The van der Waals surface area contributed by atoms with E-state index in [0.29, 0.717) is 5.69 Å². The van der Waals surface area contributed by atoms with E-state index < -0.39 is 0 Å². The molecule has 43 heavy (non-hydrogen) atoms. The number of hydrogen-bond acceptors (Lipinski definition) is 2. The summed E-state index contributed by atoms with van der Waals surface area (Å²) in [6.45, 7) is 12.9. The van der Waals surface area contributed by atoms with Crippen LogP contribution in [-0.2, 0) is 0 Å². The van der Waals surface area contributed by atoms with Gasteiger partial charge in [0, 0.05) is 44.0 Å². The van der Waals surface area contributed by atoms with Gasteiger partial charge in [-0.15, -0.1) is 0 Å². The van der Waals surface area contributed by atoms with Crippen LogP contribution in [0.1, 0.15) is 58.6 Å². The van der Waals surface area contributed by atoms with Gasteiger partial charge in [0.2, 0.25) is 0 Å². The lowest BCUT2D eigenvalue weighted by molar-refractivity contribution is 0.474. The van der Waals surface area contributed by atoms with Crippen molar-refractivity contribution in [3.8, 4) is 5.75 Å². The molecule has 4 N–H and O–H groups in total. The fourth-order valence-corrected chi connectivity index (χ4v) is 6.55. The van der Waals surface area contributed by atoms with E-state index in [9.17, 15) is 5.11 Å². The van der Waals surface area contributed by atoms with E-state index in [2.05, 4.69) is 135 Å². The lowest BCUT2D eigenvalue weighted by Gasteiger charge is -2.14. The number of aliphatic imine (C=N–C) groups is 1. The number of aromatic hydroxyl groups is 1. The Morgan fingerprint density at radius 3 is 1.98 bits per heavy atom. The molecule has 2 aliphatic heterocycles. The molecule has 0 amide bonds. The normalized spacial score (nSPS) is 15.6. The average Bonchev–Trinajstić information content (AvgIpc) is 3.71. The van der Waals surface area contributed by atoms with Crippen LogP contribution in [-0.4, -0.2) is 25.8 Å².